The van der Waals surface area contributed by atoms with Gasteiger partial charge in [-0.05, 0) is 48.9 Å². The Kier molecular flexibility index (Phi) is 5.46. The van der Waals surface area contributed by atoms with Crippen LogP contribution in [0, 0.1) is 5.82 Å². The molecule has 2 aromatic rings. The summed E-state index contributed by atoms with van der Waals surface area (Å²) in [4.78, 5) is 11.9. The third-order valence-corrected chi connectivity index (χ3v) is 3.03. The van der Waals surface area contributed by atoms with E-state index in [0.29, 0.717) is 11.3 Å². The fraction of sp³-hybridized carbons (Fsp3) is 0.188. The lowest BCUT2D eigenvalue weighted by Crippen LogP contribution is -2.31. The quantitative estimate of drug-likeness (QED) is 0.861. The largest absolute Gasteiger partial charge is 0.435 e. The molecule has 0 aliphatic carbocycles. The highest BCUT2D eigenvalue weighted by molar-refractivity contribution is 5.89. The molecule has 0 unspecified atom stereocenters. The number of hydrogen-bond acceptors (Lipinski definition) is 2. The van der Waals surface area contributed by atoms with Gasteiger partial charge >= 0.3 is 12.6 Å². The van der Waals surface area contributed by atoms with Crippen LogP contribution >= 0.6 is 0 Å². The third-order valence-electron chi connectivity index (χ3n) is 3.03. The number of halogens is 3. The number of anilines is 1. The molecular weight excluding hydrogens is 309 g/mol. The Morgan fingerprint density at radius 3 is 2.48 bits per heavy atom. The molecule has 0 aliphatic rings. The second-order valence-electron chi connectivity index (χ2n) is 4.78. The highest BCUT2D eigenvalue weighted by Gasteiger charge is 2.12. The van der Waals surface area contributed by atoms with Crippen LogP contribution in [0.4, 0.5) is 23.7 Å². The maximum absolute atomic E-state index is 12.8. The van der Waals surface area contributed by atoms with Gasteiger partial charge in [0.25, 0.3) is 0 Å². The number of ether oxygens (including phenoxy) is 1. The summed E-state index contributed by atoms with van der Waals surface area (Å²) >= 11 is 0. The van der Waals surface area contributed by atoms with Gasteiger partial charge in [0.15, 0.2) is 0 Å². The Morgan fingerprint density at radius 1 is 1.13 bits per heavy atom. The monoisotopic (exact) mass is 324 g/mol. The number of benzene rings is 2. The summed E-state index contributed by atoms with van der Waals surface area (Å²) in [6.07, 6.45) is 0. The van der Waals surface area contributed by atoms with Crippen LogP contribution in [-0.4, -0.2) is 12.6 Å². The average Bonchev–Trinajstić information content (AvgIpc) is 2.49. The van der Waals surface area contributed by atoms with Crippen LogP contribution in [-0.2, 0) is 0 Å². The molecule has 0 aliphatic heterocycles. The maximum Gasteiger partial charge on any atom is 0.387 e. The van der Waals surface area contributed by atoms with E-state index in [9.17, 15) is 18.0 Å². The molecule has 23 heavy (non-hydrogen) atoms. The Hall–Kier alpha value is -2.70. The molecule has 2 rings (SSSR count). The van der Waals surface area contributed by atoms with Gasteiger partial charge in [-0.2, -0.15) is 8.78 Å². The van der Waals surface area contributed by atoms with Crippen molar-refractivity contribution in [2.24, 2.45) is 0 Å². The zero-order valence-electron chi connectivity index (χ0n) is 12.2. The van der Waals surface area contributed by atoms with E-state index in [4.69, 9.17) is 0 Å². The topological polar surface area (TPSA) is 50.4 Å². The number of carbonyl (C=O) groups is 1. The maximum atomic E-state index is 12.8. The summed E-state index contributed by atoms with van der Waals surface area (Å²) in [7, 11) is 0. The van der Waals surface area contributed by atoms with Crippen LogP contribution in [0.2, 0.25) is 0 Å². The van der Waals surface area contributed by atoms with E-state index in [2.05, 4.69) is 15.4 Å². The van der Waals surface area contributed by atoms with Gasteiger partial charge < -0.3 is 15.4 Å². The summed E-state index contributed by atoms with van der Waals surface area (Å²) in [6.45, 7) is -1.21. The Morgan fingerprint density at radius 2 is 1.83 bits per heavy atom. The molecule has 0 heterocycles. The summed E-state index contributed by atoms with van der Waals surface area (Å²) in [5.74, 6) is -0.384. The van der Waals surface area contributed by atoms with Crippen LogP contribution in [0.3, 0.4) is 0 Å². The number of alkyl halides is 2. The molecule has 0 spiro atoms. The minimum absolute atomic E-state index is 0.0186. The van der Waals surface area contributed by atoms with Crippen molar-refractivity contribution in [1.29, 1.82) is 0 Å². The van der Waals surface area contributed by atoms with Gasteiger partial charge in [0.2, 0.25) is 0 Å². The van der Waals surface area contributed by atoms with Crippen LogP contribution < -0.4 is 15.4 Å². The van der Waals surface area contributed by atoms with Gasteiger partial charge in [0.05, 0.1) is 6.04 Å². The molecule has 0 bridgehead atoms. The molecule has 2 N–H and O–H groups in total. The minimum atomic E-state index is -2.91. The first-order chi connectivity index (χ1) is 10.9. The van der Waals surface area contributed by atoms with Crippen molar-refractivity contribution in [3.05, 3.63) is 59.9 Å². The lowest BCUT2D eigenvalue weighted by molar-refractivity contribution is -0.0499. The normalized spacial score (nSPS) is 11.9. The van der Waals surface area contributed by atoms with E-state index in [1.165, 1.54) is 36.4 Å². The second-order valence-corrected chi connectivity index (χ2v) is 4.78. The number of rotatable bonds is 5. The summed E-state index contributed by atoms with van der Waals surface area (Å²) in [6, 6.07) is 10.4. The second kappa shape index (κ2) is 7.53. The first-order valence-corrected chi connectivity index (χ1v) is 6.82. The summed E-state index contributed by atoms with van der Waals surface area (Å²) in [5.41, 5.74) is 1.04. The number of urea groups is 1. The van der Waals surface area contributed by atoms with E-state index >= 15 is 0 Å². The van der Waals surface area contributed by atoms with Gasteiger partial charge in [-0.1, -0.05) is 12.1 Å². The van der Waals surface area contributed by atoms with Gasteiger partial charge in [0, 0.05) is 5.69 Å². The lowest BCUT2D eigenvalue weighted by Gasteiger charge is -2.16. The molecule has 0 radical (unpaired) electrons. The molecule has 0 fully saturated rings. The summed E-state index contributed by atoms with van der Waals surface area (Å²) < 4.78 is 41.5. The molecule has 4 nitrogen and oxygen atoms in total. The highest BCUT2D eigenvalue weighted by Crippen LogP contribution is 2.20. The van der Waals surface area contributed by atoms with E-state index in [1.54, 1.807) is 19.1 Å². The van der Waals surface area contributed by atoms with Crippen LogP contribution in [0.5, 0.6) is 5.75 Å². The number of nitrogens with one attached hydrogen (secondary N) is 2. The van der Waals surface area contributed by atoms with Gasteiger partial charge in [-0.25, -0.2) is 9.18 Å². The molecule has 2 amide bonds. The molecule has 7 heteroatoms. The SMILES string of the molecule is C[C@H](NC(=O)Nc1ccc(F)cc1)c1cccc(OC(F)F)c1. The minimum Gasteiger partial charge on any atom is -0.435 e. The van der Waals surface area contributed by atoms with Gasteiger partial charge in [0.1, 0.15) is 11.6 Å². The first kappa shape index (κ1) is 16.7. The van der Waals surface area contributed by atoms with Crippen molar-refractivity contribution >= 4 is 11.7 Å². The number of carbonyl (C=O) groups excluding carboxylic acids is 1. The van der Waals surface area contributed by atoms with E-state index in [1.807, 2.05) is 0 Å². The Balaban J connectivity index is 1.96. The predicted molar refractivity (Wildman–Crippen MR) is 80.0 cm³/mol. The van der Waals surface area contributed by atoms with E-state index < -0.39 is 24.5 Å². The Bertz CT molecular complexity index is 663. The molecule has 2 aromatic carbocycles. The fourth-order valence-corrected chi connectivity index (χ4v) is 1.94. The van der Waals surface area contributed by atoms with Crippen molar-refractivity contribution in [3.63, 3.8) is 0 Å². The third kappa shape index (κ3) is 5.21. The lowest BCUT2D eigenvalue weighted by atomic mass is 10.1. The fourth-order valence-electron chi connectivity index (χ4n) is 1.94. The molecular formula is C16H15F3N2O2. The predicted octanol–water partition coefficient (Wildman–Crippen LogP) is 4.31. The number of hydrogen-bond donors (Lipinski definition) is 2. The summed E-state index contributed by atoms with van der Waals surface area (Å²) in [5, 5.41) is 5.20. The zero-order chi connectivity index (χ0) is 16.8. The smallest absolute Gasteiger partial charge is 0.387 e. The molecule has 1 atom stereocenters. The van der Waals surface area contributed by atoms with E-state index in [0.717, 1.165) is 0 Å². The van der Waals surface area contributed by atoms with Crippen LogP contribution in [0.25, 0.3) is 0 Å². The highest BCUT2D eigenvalue weighted by atomic mass is 19.3. The van der Waals surface area contributed by atoms with Crippen molar-refractivity contribution in [2.45, 2.75) is 19.6 Å². The van der Waals surface area contributed by atoms with Crippen molar-refractivity contribution in [2.75, 3.05) is 5.32 Å². The Labute approximate surface area is 131 Å². The molecule has 122 valence electrons. The van der Waals surface area contributed by atoms with Crippen LogP contribution in [0.15, 0.2) is 48.5 Å². The molecule has 0 saturated heterocycles. The van der Waals surface area contributed by atoms with E-state index in [-0.39, 0.29) is 5.75 Å². The van der Waals surface area contributed by atoms with Crippen LogP contribution in [0.1, 0.15) is 18.5 Å². The van der Waals surface area contributed by atoms with Crippen molar-refractivity contribution in [1.82, 2.24) is 5.32 Å². The van der Waals surface area contributed by atoms with Crippen molar-refractivity contribution < 1.29 is 22.7 Å². The zero-order valence-corrected chi connectivity index (χ0v) is 12.2. The standard InChI is InChI=1S/C16H15F3N2O2/c1-10(11-3-2-4-14(9-11)23-15(18)19)20-16(22)21-13-7-5-12(17)6-8-13/h2-10,15H,1H3,(H2,20,21,22)/t10-/m0/s1. The first-order valence-electron chi connectivity index (χ1n) is 6.82. The van der Waals surface area contributed by atoms with Gasteiger partial charge in [-0.3, -0.25) is 0 Å². The number of amides is 2. The average molecular weight is 324 g/mol. The van der Waals surface area contributed by atoms with Gasteiger partial charge in [-0.15, -0.1) is 0 Å². The molecule has 0 aromatic heterocycles. The van der Waals surface area contributed by atoms with Crippen molar-refractivity contribution in [3.8, 4) is 5.75 Å². The molecule has 0 saturated carbocycles.